The first-order valence-corrected chi connectivity index (χ1v) is 5.84. The van der Waals surface area contributed by atoms with Crippen molar-refractivity contribution in [2.75, 3.05) is 13.7 Å². The molecule has 0 aromatic heterocycles. The minimum Gasteiger partial charge on any atom is -0.496 e. The first kappa shape index (κ1) is 13.9. The van der Waals surface area contributed by atoms with E-state index in [1.807, 2.05) is 13.8 Å². The summed E-state index contributed by atoms with van der Waals surface area (Å²) in [5.74, 6) is 0.277. The molecule has 0 saturated heterocycles. The van der Waals surface area contributed by atoms with Crippen molar-refractivity contribution in [1.29, 1.82) is 0 Å². The molecule has 0 spiro atoms. The molecule has 0 saturated carbocycles. The van der Waals surface area contributed by atoms with Gasteiger partial charge in [0.2, 0.25) is 0 Å². The Morgan fingerprint density at radius 1 is 1.35 bits per heavy atom. The summed E-state index contributed by atoms with van der Waals surface area (Å²) in [6.45, 7) is 4.49. The highest BCUT2D eigenvalue weighted by Gasteiger charge is 2.21. The molecule has 2 atom stereocenters. The third kappa shape index (κ3) is 3.41. The Morgan fingerprint density at radius 2 is 2.06 bits per heavy atom. The van der Waals surface area contributed by atoms with E-state index in [0.29, 0.717) is 17.9 Å². The summed E-state index contributed by atoms with van der Waals surface area (Å²) in [5.41, 5.74) is 6.76. The number of rotatable bonds is 6. The van der Waals surface area contributed by atoms with Crippen molar-refractivity contribution in [3.63, 3.8) is 0 Å². The van der Waals surface area contributed by atoms with Gasteiger partial charge in [-0.3, -0.25) is 0 Å². The van der Waals surface area contributed by atoms with Crippen LogP contribution in [0.3, 0.4) is 0 Å². The molecule has 0 radical (unpaired) electrons. The normalized spacial score (nSPS) is 14.4. The van der Waals surface area contributed by atoms with Gasteiger partial charge in [-0.05, 0) is 31.5 Å². The molecule has 3 nitrogen and oxygen atoms in total. The molecule has 0 aliphatic carbocycles. The molecule has 2 N–H and O–H groups in total. The van der Waals surface area contributed by atoms with E-state index in [4.69, 9.17) is 15.2 Å². The van der Waals surface area contributed by atoms with Gasteiger partial charge < -0.3 is 15.2 Å². The van der Waals surface area contributed by atoms with Gasteiger partial charge in [-0.2, -0.15) is 0 Å². The maximum atomic E-state index is 13.2. The van der Waals surface area contributed by atoms with Gasteiger partial charge in [-0.15, -0.1) is 0 Å². The Morgan fingerprint density at radius 3 is 2.59 bits per heavy atom. The monoisotopic (exact) mass is 241 g/mol. The molecule has 96 valence electrons. The topological polar surface area (TPSA) is 44.5 Å². The van der Waals surface area contributed by atoms with Crippen molar-refractivity contribution >= 4 is 0 Å². The molecule has 0 bridgehead atoms. The Bertz CT molecular complexity index is 357. The van der Waals surface area contributed by atoms with Crippen molar-refractivity contribution in [3.8, 4) is 5.75 Å². The average molecular weight is 241 g/mol. The first-order valence-electron chi connectivity index (χ1n) is 5.84. The number of nitrogens with two attached hydrogens (primary N) is 1. The number of ether oxygens (including phenoxy) is 2. The summed E-state index contributed by atoms with van der Waals surface area (Å²) in [7, 11) is 1.55. The van der Waals surface area contributed by atoms with Gasteiger partial charge in [0.15, 0.2) is 0 Å². The quantitative estimate of drug-likeness (QED) is 0.832. The molecule has 1 aromatic carbocycles. The molecule has 0 aliphatic rings. The van der Waals surface area contributed by atoms with Gasteiger partial charge >= 0.3 is 0 Å². The van der Waals surface area contributed by atoms with Crippen LogP contribution in [0, 0.1) is 5.82 Å². The van der Waals surface area contributed by atoms with E-state index in [1.165, 1.54) is 12.1 Å². The second kappa shape index (κ2) is 6.57. The third-order valence-electron chi connectivity index (χ3n) is 2.73. The van der Waals surface area contributed by atoms with Crippen LogP contribution in [0.15, 0.2) is 18.2 Å². The minimum absolute atomic E-state index is 0.129. The Labute approximate surface area is 102 Å². The SMILES string of the molecule is CCOC(CC)C(N)c1cc(F)ccc1OC. The lowest BCUT2D eigenvalue weighted by atomic mass is 9.99. The smallest absolute Gasteiger partial charge is 0.123 e. The second-order valence-corrected chi connectivity index (χ2v) is 3.81. The van der Waals surface area contributed by atoms with Crippen LogP contribution in [0.4, 0.5) is 4.39 Å². The predicted octanol–water partition coefficient (Wildman–Crippen LogP) is 2.65. The predicted molar refractivity (Wildman–Crippen MR) is 65.6 cm³/mol. The zero-order chi connectivity index (χ0) is 12.8. The molecule has 1 rings (SSSR count). The fourth-order valence-corrected chi connectivity index (χ4v) is 1.86. The van der Waals surface area contributed by atoms with Gasteiger partial charge in [0.05, 0.1) is 19.3 Å². The van der Waals surface area contributed by atoms with Crippen molar-refractivity contribution in [3.05, 3.63) is 29.6 Å². The average Bonchev–Trinajstić information content (AvgIpc) is 2.35. The number of halogens is 1. The van der Waals surface area contributed by atoms with E-state index in [2.05, 4.69) is 0 Å². The van der Waals surface area contributed by atoms with Crippen molar-refractivity contribution in [2.24, 2.45) is 5.73 Å². The van der Waals surface area contributed by atoms with Gasteiger partial charge in [0.1, 0.15) is 11.6 Å². The minimum atomic E-state index is -0.384. The summed E-state index contributed by atoms with van der Waals surface area (Å²) < 4.78 is 24.0. The van der Waals surface area contributed by atoms with E-state index in [1.54, 1.807) is 13.2 Å². The van der Waals surface area contributed by atoms with Crippen LogP contribution in [0.1, 0.15) is 31.9 Å². The molecule has 0 aliphatic heterocycles. The lowest BCUT2D eigenvalue weighted by Gasteiger charge is -2.24. The van der Waals surface area contributed by atoms with Crippen LogP contribution in [-0.4, -0.2) is 19.8 Å². The van der Waals surface area contributed by atoms with E-state index >= 15 is 0 Å². The molecule has 2 unspecified atom stereocenters. The fourth-order valence-electron chi connectivity index (χ4n) is 1.86. The fraction of sp³-hybridized carbons (Fsp3) is 0.538. The first-order chi connectivity index (χ1) is 8.13. The third-order valence-corrected chi connectivity index (χ3v) is 2.73. The Kier molecular flexibility index (Phi) is 5.38. The lowest BCUT2D eigenvalue weighted by molar-refractivity contribution is 0.0407. The largest absolute Gasteiger partial charge is 0.496 e. The van der Waals surface area contributed by atoms with Crippen molar-refractivity contribution in [1.82, 2.24) is 0 Å². The number of methoxy groups -OCH3 is 1. The zero-order valence-corrected chi connectivity index (χ0v) is 10.6. The van der Waals surface area contributed by atoms with Gasteiger partial charge in [-0.1, -0.05) is 6.92 Å². The molecule has 1 aromatic rings. The molecule has 4 heteroatoms. The van der Waals surface area contributed by atoms with E-state index < -0.39 is 0 Å². The standard InChI is InChI=1S/C13H20FNO2/c1-4-11(17-5-2)13(15)10-8-9(14)6-7-12(10)16-3/h6-8,11,13H,4-5,15H2,1-3H3. The highest BCUT2D eigenvalue weighted by atomic mass is 19.1. The number of hydrogen-bond acceptors (Lipinski definition) is 3. The number of hydrogen-bond donors (Lipinski definition) is 1. The molecule has 17 heavy (non-hydrogen) atoms. The molecule has 0 fully saturated rings. The summed E-state index contributed by atoms with van der Waals surface area (Å²) in [6, 6.07) is 3.97. The maximum absolute atomic E-state index is 13.2. The van der Waals surface area contributed by atoms with E-state index in [0.717, 1.165) is 6.42 Å². The van der Waals surface area contributed by atoms with Crippen LogP contribution in [0.2, 0.25) is 0 Å². The zero-order valence-electron chi connectivity index (χ0n) is 10.6. The second-order valence-electron chi connectivity index (χ2n) is 3.81. The number of benzene rings is 1. The van der Waals surface area contributed by atoms with Gasteiger partial charge in [0, 0.05) is 12.2 Å². The van der Waals surface area contributed by atoms with E-state index in [9.17, 15) is 4.39 Å². The summed E-state index contributed by atoms with van der Waals surface area (Å²) in [4.78, 5) is 0. The summed E-state index contributed by atoms with van der Waals surface area (Å²) in [6.07, 6.45) is 0.644. The summed E-state index contributed by atoms with van der Waals surface area (Å²) >= 11 is 0. The summed E-state index contributed by atoms with van der Waals surface area (Å²) in [5, 5.41) is 0. The highest BCUT2D eigenvalue weighted by Crippen LogP contribution is 2.28. The van der Waals surface area contributed by atoms with Crippen LogP contribution < -0.4 is 10.5 Å². The molecule has 0 heterocycles. The Balaban J connectivity index is 2.99. The van der Waals surface area contributed by atoms with Crippen molar-refractivity contribution < 1.29 is 13.9 Å². The van der Waals surface area contributed by atoms with Crippen LogP contribution in [0.25, 0.3) is 0 Å². The van der Waals surface area contributed by atoms with Crippen LogP contribution >= 0.6 is 0 Å². The lowest BCUT2D eigenvalue weighted by Crippen LogP contribution is -2.29. The van der Waals surface area contributed by atoms with Crippen molar-refractivity contribution in [2.45, 2.75) is 32.4 Å². The molecular formula is C13H20FNO2. The molecule has 0 amide bonds. The molecular weight excluding hydrogens is 221 g/mol. The van der Waals surface area contributed by atoms with Gasteiger partial charge in [-0.25, -0.2) is 4.39 Å². The Hall–Kier alpha value is -1.13. The maximum Gasteiger partial charge on any atom is 0.123 e. The van der Waals surface area contributed by atoms with Gasteiger partial charge in [0.25, 0.3) is 0 Å². The van der Waals surface area contributed by atoms with Crippen LogP contribution in [0.5, 0.6) is 5.75 Å². The van der Waals surface area contributed by atoms with E-state index in [-0.39, 0.29) is 18.0 Å². The highest BCUT2D eigenvalue weighted by molar-refractivity contribution is 5.36. The van der Waals surface area contributed by atoms with Crippen LogP contribution in [-0.2, 0) is 4.74 Å².